The average molecular weight is 456 g/mol. The van der Waals surface area contributed by atoms with Crippen molar-refractivity contribution in [1.82, 2.24) is 14.9 Å². The average Bonchev–Trinajstić information content (AvgIpc) is 3.27. The molecule has 2 fully saturated rings. The number of pyridine rings is 1. The van der Waals surface area contributed by atoms with Crippen LogP contribution in [0.15, 0.2) is 36.7 Å². The molecule has 3 aromatic rings. The Kier molecular flexibility index (Phi) is 5.35. The van der Waals surface area contributed by atoms with Crippen LogP contribution in [-0.4, -0.2) is 40.9 Å². The zero-order valence-corrected chi connectivity index (χ0v) is 18.7. The summed E-state index contributed by atoms with van der Waals surface area (Å²) < 4.78 is 38.3. The largest absolute Gasteiger partial charge is 0.496 e. The van der Waals surface area contributed by atoms with Gasteiger partial charge in [0, 0.05) is 60.4 Å². The summed E-state index contributed by atoms with van der Waals surface area (Å²) in [5.41, 5.74) is 3.85. The second-order valence-electron chi connectivity index (χ2n) is 9.43. The number of benzene rings is 1. The summed E-state index contributed by atoms with van der Waals surface area (Å²) in [5.74, 6) is -1.53. The van der Waals surface area contributed by atoms with Gasteiger partial charge in [-0.05, 0) is 55.0 Å². The molecule has 1 aliphatic heterocycles. The first-order valence-corrected chi connectivity index (χ1v) is 11.1. The second-order valence-corrected chi connectivity index (χ2v) is 9.43. The number of rotatable bonds is 6. The fraction of sp³-hybridized carbons (Fsp3) is 0.440. The highest BCUT2D eigenvalue weighted by Crippen LogP contribution is 2.60. The Morgan fingerprint density at radius 2 is 2.12 bits per heavy atom. The van der Waals surface area contributed by atoms with Crippen LogP contribution in [0.25, 0.3) is 10.9 Å². The minimum atomic E-state index is -2.57. The first-order chi connectivity index (χ1) is 15.8. The van der Waals surface area contributed by atoms with Crippen LogP contribution in [0, 0.1) is 12.3 Å². The second kappa shape index (κ2) is 8.09. The maximum atomic E-state index is 13.9. The number of fused-ring (bicyclic) bond motifs is 1. The number of hydrogen-bond acceptors (Lipinski definition) is 5. The number of carbonyl (C=O) groups excluding carboxylic acids is 1. The van der Waals surface area contributed by atoms with Gasteiger partial charge in [-0.1, -0.05) is 6.07 Å². The lowest BCUT2D eigenvalue weighted by molar-refractivity contribution is -0.186. The van der Waals surface area contributed by atoms with Gasteiger partial charge >= 0.3 is 0 Å². The van der Waals surface area contributed by atoms with E-state index >= 15 is 0 Å². The molecule has 174 valence electrons. The lowest BCUT2D eigenvalue weighted by atomic mass is 9.59. The minimum absolute atomic E-state index is 0.0555. The number of carbonyl (C=O) groups is 1. The van der Waals surface area contributed by atoms with Crippen LogP contribution in [0.5, 0.6) is 11.6 Å². The molecule has 0 radical (unpaired) electrons. The van der Waals surface area contributed by atoms with Crippen LogP contribution in [0.4, 0.5) is 8.78 Å². The molecule has 1 spiro atoms. The summed E-state index contributed by atoms with van der Waals surface area (Å²) in [5, 5.41) is 1.11. The molecule has 5 rings (SSSR count). The van der Waals surface area contributed by atoms with Gasteiger partial charge in [0.1, 0.15) is 5.75 Å². The van der Waals surface area contributed by atoms with Crippen LogP contribution in [0.3, 0.4) is 0 Å². The van der Waals surface area contributed by atoms with Crippen molar-refractivity contribution in [3.8, 4) is 11.6 Å². The van der Waals surface area contributed by atoms with Crippen molar-refractivity contribution >= 4 is 17.4 Å². The van der Waals surface area contributed by atoms with Crippen molar-refractivity contribution in [3.63, 3.8) is 0 Å². The fourth-order valence-electron chi connectivity index (χ4n) is 5.75. The summed E-state index contributed by atoms with van der Waals surface area (Å²) in [6, 6.07) is 7.54. The first kappa shape index (κ1) is 21.8. The standard InChI is InChI=1S/C25H27F2N3O3/c1-16-9-21(32-2)19(18-5-7-28-23(16)18)12-30-8-6-24(13-25(26,27)14-24)10-20(30)17-3-4-22(29-11-17)33-15-31/h3-5,7,9,11,15,20,28H,6,8,10,12-14H2,1-2H3. The predicted molar refractivity (Wildman–Crippen MR) is 120 cm³/mol. The smallest absolute Gasteiger partial charge is 0.299 e. The maximum Gasteiger partial charge on any atom is 0.299 e. The number of methoxy groups -OCH3 is 1. The molecule has 1 aliphatic carbocycles. The first-order valence-electron chi connectivity index (χ1n) is 11.1. The van der Waals surface area contributed by atoms with Crippen molar-refractivity contribution in [2.75, 3.05) is 13.7 Å². The zero-order valence-electron chi connectivity index (χ0n) is 18.7. The van der Waals surface area contributed by atoms with Crippen molar-refractivity contribution in [1.29, 1.82) is 0 Å². The number of nitrogens with one attached hydrogen (secondary N) is 1. The number of aryl methyl sites for hydroxylation is 1. The third kappa shape index (κ3) is 3.97. The number of ether oxygens (including phenoxy) is 2. The molecular formula is C25H27F2N3O3. The molecule has 1 saturated heterocycles. The molecule has 1 aromatic carbocycles. The van der Waals surface area contributed by atoms with Gasteiger partial charge in [-0.3, -0.25) is 9.69 Å². The Balaban J connectivity index is 1.49. The number of alkyl halides is 2. The van der Waals surface area contributed by atoms with E-state index in [2.05, 4.69) is 20.9 Å². The van der Waals surface area contributed by atoms with Crippen LogP contribution in [0.1, 0.15) is 48.4 Å². The van der Waals surface area contributed by atoms with E-state index in [1.165, 1.54) is 0 Å². The van der Waals surface area contributed by atoms with Gasteiger partial charge in [0.2, 0.25) is 11.8 Å². The van der Waals surface area contributed by atoms with Gasteiger partial charge in [0.25, 0.3) is 6.47 Å². The van der Waals surface area contributed by atoms with Gasteiger partial charge in [0.15, 0.2) is 0 Å². The number of aromatic amines is 1. The third-order valence-electron chi connectivity index (χ3n) is 7.27. The predicted octanol–water partition coefficient (Wildman–Crippen LogP) is 5.17. The van der Waals surface area contributed by atoms with Crippen molar-refractivity contribution in [3.05, 3.63) is 53.3 Å². The monoisotopic (exact) mass is 455 g/mol. The van der Waals surface area contributed by atoms with E-state index in [1.807, 2.05) is 25.3 Å². The minimum Gasteiger partial charge on any atom is -0.496 e. The summed E-state index contributed by atoms with van der Waals surface area (Å²) >= 11 is 0. The molecule has 0 amide bonds. The van der Waals surface area contributed by atoms with E-state index in [-0.39, 0.29) is 30.2 Å². The molecule has 3 heterocycles. The summed E-state index contributed by atoms with van der Waals surface area (Å²) in [7, 11) is 1.67. The molecule has 33 heavy (non-hydrogen) atoms. The molecule has 1 N–H and O–H groups in total. The Morgan fingerprint density at radius 3 is 2.79 bits per heavy atom. The number of likely N-dealkylation sites (tertiary alicyclic amines) is 1. The lowest BCUT2D eigenvalue weighted by Gasteiger charge is -2.54. The summed E-state index contributed by atoms with van der Waals surface area (Å²) in [6.07, 6.45) is 4.88. The molecule has 1 saturated carbocycles. The number of nitrogens with zero attached hydrogens (tertiary/aromatic N) is 2. The SMILES string of the molecule is COc1cc(C)c2[nH]ccc2c1CN1CCC2(CC1c1ccc(OC=O)nc1)CC(F)(F)C2. The highest BCUT2D eigenvalue weighted by Gasteiger charge is 2.58. The molecule has 0 bridgehead atoms. The Bertz CT molecular complexity index is 1170. The summed E-state index contributed by atoms with van der Waals surface area (Å²) in [4.78, 5) is 20.5. The number of piperidine rings is 1. The number of hydrogen-bond donors (Lipinski definition) is 1. The van der Waals surface area contributed by atoms with Gasteiger partial charge in [-0.15, -0.1) is 0 Å². The van der Waals surface area contributed by atoms with E-state index in [9.17, 15) is 13.6 Å². The van der Waals surface area contributed by atoms with E-state index in [1.54, 1.807) is 19.4 Å². The maximum absolute atomic E-state index is 13.9. The highest BCUT2D eigenvalue weighted by atomic mass is 19.3. The fourth-order valence-corrected chi connectivity index (χ4v) is 5.75. The molecule has 1 unspecified atom stereocenters. The van der Waals surface area contributed by atoms with Crippen LogP contribution < -0.4 is 9.47 Å². The molecule has 6 nitrogen and oxygen atoms in total. The Labute approximate surface area is 190 Å². The normalized spacial score (nSPS) is 21.6. The quantitative estimate of drug-likeness (QED) is 0.520. The van der Waals surface area contributed by atoms with E-state index in [0.717, 1.165) is 39.8 Å². The van der Waals surface area contributed by atoms with Crippen LogP contribution in [0.2, 0.25) is 0 Å². The number of halogens is 2. The van der Waals surface area contributed by atoms with Crippen molar-refractivity contribution < 1.29 is 23.0 Å². The summed E-state index contributed by atoms with van der Waals surface area (Å²) in [6.45, 7) is 3.72. The van der Waals surface area contributed by atoms with Gasteiger partial charge < -0.3 is 14.5 Å². The zero-order chi connectivity index (χ0) is 23.2. The highest BCUT2D eigenvalue weighted by molar-refractivity contribution is 5.88. The topological polar surface area (TPSA) is 67.4 Å². The van der Waals surface area contributed by atoms with Gasteiger partial charge in [0.05, 0.1) is 7.11 Å². The van der Waals surface area contributed by atoms with Crippen LogP contribution in [-0.2, 0) is 11.3 Å². The van der Waals surface area contributed by atoms with Crippen molar-refractivity contribution in [2.45, 2.75) is 51.1 Å². The third-order valence-corrected chi connectivity index (χ3v) is 7.27. The van der Waals surface area contributed by atoms with Gasteiger partial charge in [-0.2, -0.15) is 0 Å². The van der Waals surface area contributed by atoms with E-state index in [4.69, 9.17) is 9.47 Å². The van der Waals surface area contributed by atoms with Crippen LogP contribution >= 0.6 is 0 Å². The molecule has 8 heteroatoms. The Morgan fingerprint density at radius 1 is 1.30 bits per heavy atom. The molecule has 2 aliphatic rings. The molecular weight excluding hydrogens is 428 g/mol. The van der Waals surface area contributed by atoms with E-state index in [0.29, 0.717) is 26.0 Å². The van der Waals surface area contributed by atoms with Gasteiger partial charge in [-0.25, -0.2) is 13.8 Å². The molecule has 2 aromatic heterocycles. The number of aromatic nitrogens is 2. The number of H-pyrrole nitrogens is 1. The Hall–Kier alpha value is -3.00. The van der Waals surface area contributed by atoms with E-state index < -0.39 is 5.92 Å². The van der Waals surface area contributed by atoms with Crippen molar-refractivity contribution in [2.24, 2.45) is 5.41 Å². The lowest BCUT2D eigenvalue weighted by Crippen LogP contribution is -2.53. The molecule has 1 atom stereocenters.